The normalized spacial score (nSPS) is 11.3. The molecular formula is C41H39F3IrN7. The van der Waals surface area contributed by atoms with E-state index in [-0.39, 0.29) is 31.2 Å². The van der Waals surface area contributed by atoms with Crippen LogP contribution in [0.1, 0.15) is 57.1 Å². The van der Waals surface area contributed by atoms with Crippen LogP contribution in [0.4, 0.5) is 13.2 Å². The second kappa shape index (κ2) is 17.5. The van der Waals surface area contributed by atoms with Crippen LogP contribution < -0.4 is 10.2 Å². The first-order valence-corrected chi connectivity index (χ1v) is 16.6. The van der Waals surface area contributed by atoms with E-state index in [9.17, 15) is 13.2 Å². The Balaban J connectivity index is 0.000000175. The number of rotatable bonds is 5. The quantitative estimate of drug-likeness (QED) is 0.159. The van der Waals surface area contributed by atoms with E-state index in [0.29, 0.717) is 17.3 Å². The van der Waals surface area contributed by atoms with E-state index in [1.165, 1.54) is 21.9 Å². The molecule has 0 bridgehead atoms. The minimum Gasteiger partial charge on any atom is -0.576 e. The van der Waals surface area contributed by atoms with Crippen LogP contribution in [0.15, 0.2) is 110 Å². The molecule has 5 heterocycles. The van der Waals surface area contributed by atoms with E-state index >= 15 is 0 Å². The number of aryl methyl sites for hydroxylation is 1. The van der Waals surface area contributed by atoms with Crippen molar-refractivity contribution in [3.8, 4) is 34.0 Å². The number of halogens is 3. The molecule has 0 spiro atoms. The molecule has 11 heteroatoms. The summed E-state index contributed by atoms with van der Waals surface area (Å²) in [6, 6.07) is 32.3. The number of benzene rings is 2. The van der Waals surface area contributed by atoms with Gasteiger partial charge in [0.1, 0.15) is 5.69 Å². The van der Waals surface area contributed by atoms with Crippen LogP contribution in [0.3, 0.4) is 0 Å². The van der Waals surface area contributed by atoms with E-state index in [4.69, 9.17) is 0 Å². The molecular weight excluding hydrogens is 840 g/mol. The van der Waals surface area contributed by atoms with Crippen molar-refractivity contribution >= 4 is 10.8 Å². The largest absolute Gasteiger partial charge is 3.00 e. The zero-order valence-electron chi connectivity index (χ0n) is 29.8. The van der Waals surface area contributed by atoms with Crippen molar-refractivity contribution in [3.63, 3.8) is 0 Å². The Morgan fingerprint density at radius 3 is 2.02 bits per heavy atom. The number of aromatic nitrogens is 7. The van der Waals surface area contributed by atoms with E-state index < -0.39 is 11.9 Å². The molecule has 7 nitrogen and oxygen atoms in total. The van der Waals surface area contributed by atoms with Crippen molar-refractivity contribution in [2.24, 2.45) is 5.92 Å². The molecule has 0 aliphatic heterocycles. The fourth-order valence-electron chi connectivity index (χ4n) is 5.20. The first-order valence-electron chi connectivity index (χ1n) is 16.6. The van der Waals surface area contributed by atoms with Crippen molar-refractivity contribution in [2.75, 3.05) is 0 Å². The summed E-state index contributed by atoms with van der Waals surface area (Å²) in [7, 11) is 0. The summed E-state index contributed by atoms with van der Waals surface area (Å²) in [5.41, 5.74) is 6.72. The number of hydrogen-bond donors (Lipinski definition) is 0. The zero-order chi connectivity index (χ0) is 36.6. The van der Waals surface area contributed by atoms with Gasteiger partial charge in [0.2, 0.25) is 0 Å². The third kappa shape index (κ3) is 10.8. The molecule has 0 atom stereocenters. The van der Waals surface area contributed by atoms with Gasteiger partial charge in [-0.25, -0.2) is 0 Å². The molecule has 268 valence electrons. The molecule has 0 saturated carbocycles. The van der Waals surface area contributed by atoms with Gasteiger partial charge in [-0.05, 0) is 88.7 Å². The van der Waals surface area contributed by atoms with Gasteiger partial charge >= 0.3 is 26.3 Å². The van der Waals surface area contributed by atoms with Crippen LogP contribution in [0, 0.1) is 18.9 Å². The molecule has 0 unspecified atom stereocenters. The van der Waals surface area contributed by atoms with Crippen molar-refractivity contribution < 1.29 is 33.3 Å². The third-order valence-electron chi connectivity index (χ3n) is 7.75. The van der Waals surface area contributed by atoms with Gasteiger partial charge in [-0.1, -0.05) is 65.0 Å². The molecule has 0 fully saturated rings. The summed E-state index contributed by atoms with van der Waals surface area (Å²) < 4.78 is 36.6. The Morgan fingerprint density at radius 2 is 1.38 bits per heavy atom. The minimum absolute atomic E-state index is 0. The van der Waals surface area contributed by atoms with E-state index in [1.807, 2.05) is 61.1 Å². The Bertz CT molecular complexity index is 2160. The summed E-state index contributed by atoms with van der Waals surface area (Å²) in [5.74, 6) is 0.652. The van der Waals surface area contributed by atoms with Crippen molar-refractivity contribution in [3.05, 3.63) is 138 Å². The molecule has 52 heavy (non-hydrogen) atoms. The number of nitrogens with zero attached hydrogens (tertiary/aromatic N) is 7. The predicted octanol–water partition coefficient (Wildman–Crippen LogP) is 9.72. The number of fused-ring (bicyclic) bond motifs is 1. The molecule has 2 aromatic carbocycles. The molecule has 0 saturated heterocycles. The van der Waals surface area contributed by atoms with Crippen molar-refractivity contribution in [1.82, 2.24) is 35.3 Å². The monoisotopic (exact) mass is 879 g/mol. The third-order valence-corrected chi connectivity index (χ3v) is 7.75. The smallest absolute Gasteiger partial charge is 0.576 e. The van der Waals surface area contributed by atoms with Gasteiger partial charge in [0.05, 0.1) is 11.4 Å². The van der Waals surface area contributed by atoms with E-state index in [0.717, 1.165) is 35.1 Å². The maximum absolute atomic E-state index is 12.2. The summed E-state index contributed by atoms with van der Waals surface area (Å²) in [4.78, 5) is 13.4. The van der Waals surface area contributed by atoms with Crippen LogP contribution in [-0.2, 0) is 38.1 Å². The van der Waals surface area contributed by atoms with Gasteiger partial charge in [0.25, 0.3) is 0 Å². The first-order chi connectivity index (χ1) is 24.3. The topological polar surface area (TPSA) is 92.7 Å². The minimum atomic E-state index is -4.47. The average molecular weight is 879 g/mol. The molecule has 5 aromatic heterocycles. The van der Waals surface area contributed by atoms with Gasteiger partial charge in [0, 0.05) is 24.3 Å². The van der Waals surface area contributed by atoms with E-state index in [1.54, 1.807) is 13.0 Å². The molecule has 7 rings (SSSR count). The Labute approximate surface area is 315 Å². The van der Waals surface area contributed by atoms with Gasteiger partial charge in [-0.3, -0.25) is 9.97 Å². The molecule has 0 amide bonds. The van der Waals surface area contributed by atoms with Gasteiger partial charge < -0.3 is 25.4 Å². The van der Waals surface area contributed by atoms with Crippen molar-refractivity contribution in [2.45, 2.75) is 59.6 Å². The standard InChI is InChI=1S/C18H24N2.C15H10N.C8H5F3N4.Ir/c1-13(2)10-14-6-8-19-16(11-14)17-12-15(7-9-20-17)18(3,4)5;1-2-7-13(8-3-1)15-14-9-5-4-6-12(14)10-11-16-15;1-4-2-5(13-12-4)6-3-7(15-14-6)8(9,10)11;/h6-9,11-13H,10H2,1-5H3;1-7,9-11H;2-3H,1H3;/q;-1;-2;+3. The van der Waals surface area contributed by atoms with Gasteiger partial charge in [-0.2, -0.15) is 13.2 Å². The Kier molecular flexibility index (Phi) is 13.4. The van der Waals surface area contributed by atoms with Gasteiger partial charge in [-0.15, -0.1) is 47.3 Å². The Hall–Kier alpha value is -4.99. The summed E-state index contributed by atoms with van der Waals surface area (Å²) in [6.07, 6.45) is 2.22. The second-order valence-electron chi connectivity index (χ2n) is 13.5. The maximum atomic E-state index is 12.2. The van der Waals surface area contributed by atoms with Gasteiger partial charge in [0.15, 0.2) is 0 Å². The molecule has 0 radical (unpaired) electrons. The van der Waals surface area contributed by atoms with Crippen molar-refractivity contribution in [1.29, 1.82) is 0 Å². The zero-order valence-corrected chi connectivity index (χ0v) is 32.2. The first kappa shape index (κ1) is 39.8. The number of hydrogen-bond acceptors (Lipinski definition) is 5. The van der Waals surface area contributed by atoms with E-state index in [2.05, 4.69) is 112 Å². The fourth-order valence-corrected chi connectivity index (χ4v) is 5.20. The van der Waals surface area contributed by atoms with Crippen LogP contribution in [0.25, 0.3) is 44.8 Å². The van der Waals surface area contributed by atoms with Crippen LogP contribution >= 0.6 is 0 Å². The summed E-state index contributed by atoms with van der Waals surface area (Å²) in [5, 5.41) is 16.1. The fraction of sp³-hybridized carbons (Fsp3) is 0.244. The summed E-state index contributed by atoms with van der Waals surface area (Å²) in [6.45, 7) is 12.8. The molecule has 0 aliphatic rings. The SMILES string of the molecule is CC(C)Cc1ccnc(-c2cc(C(C)(C)C)ccn2)c1.Cc1cc(-c2cc(C(F)(F)F)n[n-]2)[n-]n1.[Ir+3].[c-]1ccccc1-c1nccc2ccccc12. The molecule has 0 N–H and O–H groups in total. The summed E-state index contributed by atoms with van der Waals surface area (Å²) >= 11 is 0. The number of pyridine rings is 3. The molecule has 7 aromatic rings. The number of alkyl halides is 3. The molecule has 0 aliphatic carbocycles. The predicted molar refractivity (Wildman–Crippen MR) is 195 cm³/mol. The average Bonchev–Trinajstić information content (AvgIpc) is 3.79. The van der Waals surface area contributed by atoms with Crippen LogP contribution in [0.5, 0.6) is 0 Å². The van der Waals surface area contributed by atoms with Crippen LogP contribution in [0.2, 0.25) is 0 Å². The maximum Gasteiger partial charge on any atom is 3.00 e. The second-order valence-corrected chi connectivity index (χ2v) is 13.5. The van der Waals surface area contributed by atoms with Crippen LogP contribution in [-0.4, -0.2) is 25.1 Å². The Morgan fingerprint density at radius 1 is 0.731 bits per heavy atom.